The van der Waals surface area contributed by atoms with Crippen LogP contribution in [0.4, 0.5) is 5.13 Å². The number of hydrogen-bond donors (Lipinski definition) is 1. The van der Waals surface area contributed by atoms with Crippen molar-refractivity contribution in [3.63, 3.8) is 0 Å². The number of likely N-dealkylation sites (tertiary alicyclic amines) is 1. The van der Waals surface area contributed by atoms with Crippen LogP contribution in [0.25, 0.3) is 0 Å². The van der Waals surface area contributed by atoms with Gasteiger partial charge in [-0.1, -0.05) is 12.8 Å². The van der Waals surface area contributed by atoms with E-state index in [1.54, 1.807) is 0 Å². The Bertz CT molecular complexity index is 707. The molecular formula is C17H22N4O3S. The van der Waals surface area contributed by atoms with Crippen molar-refractivity contribution in [3.05, 3.63) is 10.6 Å². The number of anilines is 1. The van der Waals surface area contributed by atoms with Gasteiger partial charge in [0.2, 0.25) is 17.7 Å². The highest BCUT2D eigenvalue weighted by Gasteiger charge is 2.48. The minimum Gasteiger partial charge on any atom is -0.301 e. The quantitative estimate of drug-likeness (QED) is 0.818. The van der Waals surface area contributed by atoms with E-state index in [9.17, 15) is 14.4 Å². The van der Waals surface area contributed by atoms with Gasteiger partial charge in [0.15, 0.2) is 5.13 Å². The average Bonchev–Trinajstić information content (AvgIpc) is 3.09. The molecule has 2 atom stereocenters. The molecular weight excluding hydrogens is 340 g/mol. The van der Waals surface area contributed by atoms with Crippen molar-refractivity contribution in [1.82, 2.24) is 14.8 Å². The lowest BCUT2D eigenvalue weighted by Crippen LogP contribution is -2.38. The molecule has 1 saturated heterocycles. The van der Waals surface area contributed by atoms with Gasteiger partial charge >= 0.3 is 0 Å². The predicted octanol–water partition coefficient (Wildman–Crippen LogP) is 1.24. The molecule has 1 saturated carbocycles. The number of carbonyl (C=O) groups is 3. The topological polar surface area (TPSA) is 82.6 Å². The lowest BCUT2D eigenvalue weighted by molar-refractivity contribution is -0.142. The SMILES string of the molecule is CN1CCc2nc(NC(=O)CN3C(=O)C4CCCCC4C3=O)sc2C1. The Balaban J connectivity index is 1.41. The molecule has 3 amide bonds. The van der Waals surface area contributed by atoms with E-state index in [-0.39, 0.29) is 36.1 Å². The van der Waals surface area contributed by atoms with E-state index in [1.807, 2.05) is 0 Å². The van der Waals surface area contributed by atoms with Gasteiger partial charge in [-0.2, -0.15) is 0 Å². The van der Waals surface area contributed by atoms with E-state index < -0.39 is 0 Å². The summed E-state index contributed by atoms with van der Waals surface area (Å²) in [4.78, 5) is 46.2. The Labute approximate surface area is 150 Å². The molecule has 7 nitrogen and oxygen atoms in total. The third kappa shape index (κ3) is 3.08. The van der Waals surface area contributed by atoms with E-state index in [2.05, 4.69) is 22.2 Å². The number of carbonyl (C=O) groups excluding carboxylic acids is 3. The summed E-state index contributed by atoms with van der Waals surface area (Å²) in [6.45, 7) is 1.60. The fourth-order valence-electron chi connectivity index (χ4n) is 4.07. The van der Waals surface area contributed by atoms with Crippen molar-refractivity contribution in [3.8, 4) is 0 Å². The lowest BCUT2D eigenvalue weighted by atomic mass is 9.81. The van der Waals surface area contributed by atoms with Gasteiger partial charge < -0.3 is 10.2 Å². The summed E-state index contributed by atoms with van der Waals surface area (Å²) in [7, 11) is 2.06. The Kier molecular flexibility index (Phi) is 4.33. The Morgan fingerprint density at radius 2 is 1.92 bits per heavy atom. The summed E-state index contributed by atoms with van der Waals surface area (Å²) < 4.78 is 0. The molecule has 0 bridgehead atoms. The number of thiazole rings is 1. The number of aromatic nitrogens is 1. The van der Waals surface area contributed by atoms with Crippen LogP contribution in [-0.4, -0.2) is 52.6 Å². The molecule has 4 rings (SSSR count). The van der Waals surface area contributed by atoms with E-state index in [4.69, 9.17) is 0 Å². The number of fused-ring (bicyclic) bond motifs is 2. The number of rotatable bonds is 3. The van der Waals surface area contributed by atoms with Crippen LogP contribution in [0.3, 0.4) is 0 Å². The first-order valence-corrected chi connectivity index (χ1v) is 9.67. The van der Waals surface area contributed by atoms with Gasteiger partial charge in [0, 0.05) is 24.4 Å². The minimum absolute atomic E-state index is 0.176. The van der Waals surface area contributed by atoms with Crippen molar-refractivity contribution in [1.29, 1.82) is 0 Å². The van der Waals surface area contributed by atoms with Crippen LogP contribution in [0.2, 0.25) is 0 Å². The van der Waals surface area contributed by atoms with Gasteiger partial charge in [0.1, 0.15) is 6.54 Å². The molecule has 1 aromatic heterocycles. The number of hydrogen-bond acceptors (Lipinski definition) is 6. The van der Waals surface area contributed by atoms with Gasteiger partial charge in [-0.3, -0.25) is 19.3 Å². The Morgan fingerprint density at radius 3 is 2.60 bits per heavy atom. The van der Waals surface area contributed by atoms with Gasteiger partial charge in [0.25, 0.3) is 0 Å². The van der Waals surface area contributed by atoms with Gasteiger partial charge in [-0.05, 0) is 19.9 Å². The molecule has 2 aliphatic heterocycles. The van der Waals surface area contributed by atoms with Crippen LogP contribution >= 0.6 is 11.3 Å². The average molecular weight is 362 g/mol. The first kappa shape index (κ1) is 16.7. The normalized spacial score (nSPS) is 26.5. The second-order valence-corrected chi connectivity index (χ2v) is 8.27. The van der Waals surface area contributed by atoms with E-state index >= 15 is 0 Å². The lowest BCUT2D eigenvalue weighted by Gasteiger charge is -2.20. The highest BCUT2D eigenvalue weighted by Crippen LogP contribution is 2.38. The van der Waals surface area contributed by atoms with Crippen molar-refractivity contribution in [2.75, 3.05) is 25.5 Å². The zero-order valence-electron chi connectivity index (χ0n) is 14.3. The second-order valence-electron chi connectivity index (χ2n) is 7.18. The summed E-state index contributed by atoms with van der Waals surface area (Å²) in [6, 6.07) is 0. The maximum absolute atomic E-state index is 12.4. The summed E-state index contributed by atoms with van der Waals surface area (Å²) in [5.41, 5.74) is 1.04. The third-order valence-corrected chi connectivity index (χ3v) is 6.40. The number of nitrogens with one attached hydrogen (secondary N) is 1. The molecule has 0 aromatic carbocycles. The first-order chi connectivity index (χ1) is 12.0. The smallest absolute Gasteiger partial charge is 0.246 e. The van der Waals surface area contributed by atoms with Crippen molar-refractivity contribution >= 4 is 34.2 Å². The predicted molar refractivity (Wildman–Crippen MR) is 92.9 cm³/mol. The monoisotopic (exact) mass is 362 g/mol. The van der Waals surface area contributed by atoms with Gasteiger partial charge in [0.05, 0.1) is 17.5 Å². The molecule has 2 unspecified atom stereocenters. The molecule has 0 spiro atoms. The summed E-state index contributed by atoms with van der Waals surface area (Å²) in [5.74, 6) is -1.12. The number of amides is 3. The van der Waals surface area contributed by atoms with Crippen molar-refractivity contribution in [2.45, 2.75) is 38.6 Å². The van der Waals surface area contributed by atoms with Crippen LogP contribution < -0.4 is 5.32 Å². The Morgan fingerprint density at radius 1 is 1.24 bits per heavy atom. The molecule has 1 N–H and O–H groups in total. The second kappa shape index (κ2) is 6.49. The molecule has 1 aromatic rings. The summed E-state index contributed by atoms with van der Waals surface area (Å²) in [5, 5.41) is 3.32. The van der Waals surface area contributed by atoms with Crippen molar-refractivity contribution < 1.29 is 14.4 Å². The molecule has 2 fully saturated rings. The van der Waals surface area contributed by atoms with Crippen LogP contribution in [0, 0.1) is 11.8 Å². The van der Waals surface area contributed by atoms with Crippen LogP contribution in [0.1, 0.15) is 36.3 Å². The van der Waals surface area contributed by atoms with E-state index in [0.717, 1.165) is 55.8 Å². The summed E-state index contributed by atoms with van der Waals surface area (Å²) >= 11 is 1.47. The van der Waals surface area contributed by atoms with Gasteiger partial charge in [-0.15, -0.1) is 11.3 Å². The van der Waals surface area contributed by atoms with E-state index in [0.29, 0.717) is 5.13 Å². The fraction of sp³-hybridized carbons (Fsp3) is 0.647. The minimum atomic E-state index is -0.347. The van der Waals surface area contributed by atoms with Crippen molar-refractivity contribution in [2.24, 2.45) is 11.8 Å². The number of nitrogens with zero attached hydrogens (tertiary/aromatic N) is 3. The van der Waals surface area contributed by atoms with Crippen LogP contribution in [-0.2, 0) is 27.3 Å². The zero-order chi connectivity index (χ0) is 17.6. The molecule has 0 radical (unpaired) electrons. The fourth-order valence-corrected chi connectivity index (χ4v) is 5.17. The highest BCUT2D eigenvalue weighted by atomic mass is 32.1. The van der Waals surface area contributed by atoms with Crippen LogP contribution in [0.15, 0.2) is 0 Å². The molecule has 3 heterocycles. The molecule has 134 valence electrons. The molecule has 8 heteroatoms. The molecule has 1 aliphatic carbocycles. The first-order valence-electron chi connectivity index (χ1n) is 8.85. The largest absolute Gasteiger partial charge is 0.301 e. The Hall–Kier alpha value is -1.80. The zero-order valence-corrected chi connectivity index (χ0v) is 15.1. The maximum atomic E-state index is 12.4. The molecule has 25 heavy (non-hydrogen) atoms. The number of imide groups is 1. The highest BCUT2D eigenvalue weighted by molar-refractivity contribution is 7.15. The number of likely N-dealkylation sites (N-methyl/N-ethyl adjacent to an activating group) is 1. The van der Waals surface area contributed by atoms with Gasteiger partial charge in [-0.25, -0.2) is 4.98 Å². The van der Waals surface area contributed by atoms with E-state index in [1.165, 1.54) is 16.2 Å². The standard InChI is InChI=1S/C17H22N4O3S/c1-20-7-6-12-13(8-20)25-17(18-12)19-14(22)9-21-15(23)10-4-2-3-5-11(10)16(21)24/h10-11H,2-9H2,1H3,(H,18,19,22). The molecule has 3 aliphatic rings. The summed E-state index contributed by atoms with van der Waals surface area (Å²) in [6.07, 6.45) is 4.38. The maximum Gasteiger partial charge on any atom is 0.246 e. The third-order valence-electron chi connectivity index (χ3n) is 5.40. The van der Waals surface area contributed by atoms with Crippen LogP contribution in [0.5, 0.6) is 0 Å².